The van der Waals surface area contributed by atoms with Crippen molar-refractivity contribution in [1.82, 2.24) is 4.90 Å². The van der Waals surface area contributed by atoms with Gasteiger partial charge in [0.1, 0.15) is 0 Å². The van der Waals surface area contributed by atoms with Gasteiger partial charge in [-0.15, -0.1) is 0 Å². The first-order valence-electron chi connectivity index (χ1n) is 7.23. The molecule has 0 fully saturated rings. The standard InChI is InChI=1S/C18H20BrNO/c1-2-16-10-6-7-11-17(16)18(21)20(13-12-19)14-15-8-4-3-5-9-15/h3-11H,2,12-14H2,1H3. The molecule has 110 valence electrons. The molecule has 0 unspecified atom stereocenters. The van der Waals surface area contributed by atoms with Crippen molar-refractivity contribution >= 4 is 21.8 Å². The van der Waals surface area contributed by atoms with E-state index in [9.17, 15) is 4.79 Å². The van der Waals surface area contributed by atoms with E-state index in [0.717, 1.165) is 28.4 Å². The second-order valence-corrected chi connectivity index (χ2v) is 5.70. The number of aryl methyl sites for hydroxylation is 1. The van der Waals surface area contributed by atoms with Crippen LogP contribution in [0, 0.1) is 0 Å². The van der Waals surface area contributed by atoms with E-state index in [1.807, 2.05) is 47.4 Å². The fourth-order valence-electron chi connectivity index (χ4n) is 2.37. The number of carbonyl (C=O) groups excluding carboxylic acids is 1. The van der Waals surface area contributed by atoms with Crippen molar-refractivity contribution in [3.05, 3.63) is 71.3 Å². The van der Waals surface area contributed by atoms with Crippen molar-refractivity contribution in [3.8, 4) is 0 Å². The minimum absolute atomic E-state index is 0.107. The zero-order chi connectivity index (χ0) is 15.1. The molecule has 3 heteroatoms. The zero-order valence-electron chi connectivity index (χ0n) is 12.3. The molecule has 0 saturated carbocycles. The van der Waals surface area contributed by atoms with Crippen molar-refractivity contribution in [2.24, 2.45) is 0 Å². The Kier molecular flexibility index (Phi) is 6.00. The van der Waals surface area contributed by atoms with Crippen molar-refractivity contribution < 1.29 is 4.79 Å². The smallest absolute Gasteiger partial charge is 0.254 e. The number of nitrogens with zero attached hydrogens (tertiary/aromatic N) is 1. The lowest BCUT2D eigenvalue weighted by Gasteiger charge is -2.23. The van der Waals surface area contributed by atoms with Crippen molar-refractivity contribution in [3.63, 3.8) is 0 Å². The van der Waals surface area contributed by atoms with E-state index in [-0.39, 0.29) is 5.91 Å². The minimum Gasteiger partial charge on any atom is -0.333 e. The van der Waals surface area contributed by atoms with E-state index in [2.05, 4.69) is 35.0 Å². The summed E-state index contributed by atoms with van der Waals surface area (Å²) in [5, 5.41) is 0.778. The van der Waals surface area contributed by atoms with Crippen LogP contribution < -0.4 is 0 Å². The number of hydrogen-bond donors (Lipinski definition) is 0. The van der Waals surface area contributed by atoms with Gasteiger partial charge < -0.3 is 4.90 Å². The summed E-state index contributed by atoms with van der Waals surface area (Å²) in [6, 6.07) is 18.0. The molecular formula is C18H20BrNO. The Balaban J connectivity index is 2.23. The average molecular weight is 346 g/mol. The molecule has 21 heavy (non-hydrogen) atoms. The van der Waals surface area contributed by atoms with Gasteiger partial charge in [-0.3, -0.25) is 4.79 Å². The molecule has 0 N–H and O–H groups in total. The molecule has 0 aliphatic carbocycles. The van der Waals surface area contributed by atoms with Gasteiger partial charge in [-0.2, -0.15) is 0 Å². The Morgan fingerprint density at radius 1 is 1.05 bits per heavy atom. The van der Waals surface area contributed by atoms with Crippen LogP contribution in [0.4, 0.5) is 0 Å². The van der Waals surface area contributed by atoms with E-state index >= 15 is 0 Å². The molecule has 0 bridgehead atoms. The average Bonchev–Trinajstić information content (AvgIpc) is 2.54. The highest BCUT2D eigenvalue weighted by molar-refractivity contribution is 9.09. The molecule has 0 aliphatic rings. The summed E-state index contributed by atoms with van der Waals surface area (Å²) in [4.78, 5) is 14.7. The third kappa shape index (κ3) is 4.18. The maximum absolute atomic E-state index is 12.8. The number of carbonyl (C=O) groups is 1. The molecule has 0 aromatic heterocycles. The quantitative estimate of drug-likeness (QED) is 0.715. The number of benzene rings is 2. The topological polar surface area (TPSA) is 20.3 Å². The van der Waals surface area contributed by atoms with Gasteiger partial charge in [-0.05, 0) is 23.6 Å². The Hall–Kier alpha value is -1.61. The van der Waals surface area contributed by atoms with Gasteiger partial charge in [0.15, 0.2) is 0 Å². The summed E-state index contributed by atoms with van der Waals surface area (Å²) < 4.78 is 0. The lowest BCUT2D eigenvalue weighted by atomic mass is 10.0. The molecule has 0 heterocycles. The first-order valence-corrected chi connectivity index (χ1v) is 8.35. The van der Waals surface area contributed by atoms with Crippen LogP contribution in [-0.4, -0.2) is 22.7 Å². The van der Waals surface area contributed by atoms with Crippen LogP contribution in [0.2, 0.25) is 0 Å². The molecule has 0 saturated heterocycles. The van der Waals surface area contributed by atoms with Gasteiger partial charge in [0.05, 0.1) is 0 Å². The molecule has 0 atom stereocenters. The highest BCUT2D eigenvalue weighted by Gasteiger charge is 2.17. The van der Waals surface area contributed by atoms with Gasteiger partial charge in [0.2, 0.25) is 0 Å². The van der Waals surface area contributed by atoms with Crippen LogP contribution in [0.25, 0.3) is 0 Å². The SMILES string of the molecule is CCc1ccccc1C(=O)N(CCBr)Cc1ccccc1. The molecule has 2 rings (SSSR count). The van der Waals surface area contributed by atoms with Crippen LogP contribution in [0.5, 0.6) is 0 Å². The summed E-state index contributed by atoms with van der Waals surface area (Å²) in [5.74, 6) is 0.107. The number of rotatable bonds is 6. The minimum atomic E-state index is 0.107. The highest BCUT2D eigenvalue weighted by Crippen LogP contribution is 2.15. The second kappa shape index (κ2) is 7.99. The van der Waals surface area contributed by atoms with Crippen LogP contribution in [0.15, 0.2) is 54.6 Å². The Morgan fingerprint density at radius 2 is 1.71 bits per heavy atom. The third-order valence-corrected chi connectivity index (χ3v) is 3.84. The summed E-state index contributed by atoms with van der Waals surface area (Å²) >= 11 is 3.45. The maximum Gasteiger partial charge on any atom is 0.254 e. The first kappa shape index (κ1) is 15.8. The van der Waals surface area contributed by atoms with Crippen molar-refractivity contribution in [1.29, 1.82) is 0 Å². The van der Waals surface area contributed by atoms with Gasteiger partial charge in [-0.1, -0.05) is 71.4 Å². The number of alkyl halides is 1. The molecule has 1 amide bonds. The van der Waals surface area contributed by atoms with Crippen LogP contribution in [0.3, 0.4) is 0 Å². The molecular weight excluding hydrogens is 326 g/mol. The number of halogens is 1. The maximum atomic E-state index is 12.8. The summed E-state index contributed by atoms with van der Waals surface area (Å²) in [7, 11) is 0. The summed E-state index contributed by atoms with van der Waals surface area (Å²) in [5.41, 5.74) is 3.08. The fourth-order valence-corrected chi connectivity index (χ4v) is 2.79. The Bertz CT molecular complexity index is 583. The predicted octanol–water partition coefficient (Wildman–Crippen LogP) is 4.29. The molecule has 2 aromatic carbocycles. The summed E-state index contributed by atoms with van der Waals surface area (Å²) in [6.45, 7) is 3.42. The molecule has 0 radical (unpaired) electrons. The van der Waals surface area contributed by atoms with Crippen LogP contribution in [0.1, 0.15) is 28.4 Å². The molecule has 0 spiro atoms. The highest BCUT2D eigenvalue weighted by atomic mass is 79.9. The molecule has 2 nitrogen and oxygen atoms in total. The van der Waals surface area contributed by atoms with E-state index < -0.39 is 0 Å². The van der Waals surface area contributed by atoms with Crippen LogP contribution >= 0.6 is 15.9 Å². The van der Waals surface area contributed by atoms with E-state index in [1.165, 1.54) is 0 Å². The predicted molar refractivity (Wildman–Crippen MR) is 90.8 cm³/mol. The van der Waals surface area contributed by atoms with Crippen molar-refractivity contribution in [2.45, 2.75) is 19.9 Å². The molecule has 2 aromatic rings. The number of hydrogen-bond acceptors (Lipinski definition) is 1. The zero-order valence-corrected chi connectivity index (χ0v) is 13.8. The largest absolute Gasteiger partial charge is 0.333 e. The Labute approximate surface area is 134 Å². The monoisotopic (exact) mass is 345 g/mol. The fraction of sp³-hybridized carbons (Fsp3) is 0.278. The normalized spacial score (nSPS) is 10.4. The van der Waals surface area contributed by atoms with E-state index in [4.69, 9.17) is 0 Å². The van der Waals surface area contributed by atoms with E-state index in [0.29, 0.717) is 13.1 Å². The van der Waals surface area contributed by atoms with Gasteiger partial charge in [-0.25, -0.2) is 0 Å². The lowest BCUT2D eigenvalue weighted by Crippen LogP contribution is -2.32. The van der Waals surface area contributed by atoms with E-state index in [1.54, 1.807) is 0 Å². The van der Waals surface area contributed by atoms with Gasteiger partial charge in [0, 0.05) is 24.0 Å². The lowest BCUT2D eigenvalue weighted by molar-refractivity contribution is 0.0753. The Morgan fingerprint density at radius 3 is 2.38 bits per heavy atom. The third-order valence-electron chi connectivity index (χ3n) is 3.49. The number of amides is 1. The second-order valence-electron chi connectivity index (χ2n) is 4.91. The molecule has 0 aliphatic heterocycles. The van der Waals surface area contributed by atoms with Gasteiger partial charge >= 0.3 is 0 Å². The van der Waals surface area contributed by atoms with Crippen molar-refractivity contribution in [2.75, 3.05) is 11.9 Å². The van der Waals surface area contributed by atoms with Crippen LogP contribution in [-0.2, 0) is 13.0 Å². The summed E-state index contributed by atoms with van der Waals surface area (Å²) in [6.07, 6.45) is 0.870. The first-order chi connectivity index (χ1) is 10.3. The van der Waals surface area contributed by atoms with Gasteiger partial charge in [0.25, 0.3) is 5.91 Å².